The standard InChI is InChI=1S/C14H22N4OS/c1-4-5-18-9-12-7-13(16-8-14(12)17-18)10(2)6-11(3)20(15)19/h7-11H,4-6,15H2,1-3H3/t10-,11?,20?/m1/s1. The van der Waals surface area contributed by atoms with E-state index in [2.05, 4.69) is 36.2 Å². The molecule has 0 bridgehead atoms. The van der Waals surface area contributed by atoms with Crippen LogP contribution in [0.2, 0.25) is 0 Å². The highest BCUT2D eigenvalue weighted by atomic mass is 32.2. The van der Waals surface area contributed by atoms with Crippen LogP contribution in [0, 0.1) is 0 Å². The monoisotopic (exact) mass is 294 g/mol. The van der Waals surface area contributed by atoms with Crippen molar-refractivity contribution in [1.82, 2.24) is 14.8 Å². The molecule has 0 aliphatic heterocycles. The first kappa shape index (κ1) is 15.1. The molecule has 0 amide bonds. The smallest absolute Gasteiger partial charge is 0.111 e. The van der Waals surface area contributed by atoms with Gasteiger partial charge >= 0.3 is 0 Å². The van der Waals surface area contributed by atoms with Gasteiger partial charge in [0.05, 0.1) is 17.2 Å². The summed E-state index contributed by atoms with van der Waals surface area (Å²) in [6, 6.07) is 2.07. The van der Waals surface area contributed by atoms with Crippen LogP contribution in [0.15, 0.2) is 18.5 Å². The first-order chi connectivity index (χ1) is 9.51. The minimum absolute atomic E-state index is 0.0229. The van der Waals surface area contributed by atoms with Crippen molar-refractivity contribution < 1.29 is 4.21 Å². The number of nitrogens with zero attached hydrogens (tertiary/aromatic N) is 3. The van der Waals surface area contributed by atoms with Crippen molar-refractivity contribution in [3.05, 3.63) is 24.2 Å². The number of hydrogen-bond acceptors (Lipinski definition) is 3. The summed E-state index contributed by atoms with van der Waals surface area (Å²) in [6.45, 7) is 7.05. The minimum Gasteiger partial charge on any atom is -0.271 e. The number of hydrogen-bond donors (Lipinski definition) is 1. The fourth-order valence-corrected chi connectivity index (χ4v) is 2.80. The highest BCUT2D eigenvalue weighted by molar-refractivity contribution is 7.83. The van der Waals surface area contributed by atoms with E-state index in [0.717, 1.165) is 36.0 Å². The Balaban J connectivity index is 2.20. The van der Waals surface area contributed by atoms with Gasteiger partial charge in [-0.15, -0.1) is 0 Å². The number of pyridine rings is 1. The summed E-state index contributed by atoms with van der Waals surface area (Å²) in [6.07, 6.45) is 5.70. The molecule has 3 atom stereocenters. The summed E-state index contributed by atoms with van der Waals surface area (Å²) in [5.74, 6) is 0.233. The van der Waals surface area contributed by atoms with E-state index < -0.39 is 11.0 Å². The topological polar surface area (TPSA) is 73.8 Å². The van der Waals surface area contributed by atoms with E-state index in [-0.39, 0.29) is 11.2 Å². The lowest BCUT2D eigenvalue weighted by molar-refractivity contribution is 0.608. The van der Waals surface area contributed by atoms with Crippen molar-refractivity contribution >= 4 is 21.9 Å². The number of nitrogens with two attached hydrogens (primary N) is 1. The van der Waals surface area contributed by atoms with Crippen LogP contribution in [0.1, 0.15) is 45.2 Å². The summed E-state index contributed by atoms with van der Waals surface area (Å²) in [5.41, 5.74) is 1.93. The fourth-order valence-electron chi connectivity index (χ4n) is 2.32. The van der Waals surface area contributed by atoms with Crippen molar-refractivity contribution in [2.45, 2.75) is 51.3 Å². The molecule has 0 aliphatic rings. The number of aryl methyl sites for hydroxylation is 1. The summed E-state index contributed by atoms with van der Waals surface area (Å²) in [7, 11) is -1.27. The van der Waals surface area contributed by atoms with Gasteiger partial charge in [0, 0.05) is 29.1 Å². The molecule has 2 N–H and O–H groups in total. The Hall–Kier alpha value is -1.27. The molecular formula is C14H22N4OS. The van der Waals surface area contributed by atoms with Gasteiger partial charge in [0.1, 0.15) is 5.52 Å². The van der Waals surface area contributed by atoms with Crippen LogP contribution in [0.4, 0.5) is 0 Å². The zero-order valence-corrected chi connectivity index (χ0v) is 13.1. The molecule has 2 aromatic rings. The molecule has 0 spiro atoms. The Morgan fingerprint density at radius 3 is 2.85 bits per heavy atom. The largest absolute Gasteiger partial charge is 0.271 e. The zero-order chi connectivity index (χ0) is 14.7. The third-order valence-corrected chi connectivity index (χ3v) is 4.48. The molecule has 0 aliphatic carbocycles. The van der Waals surface area contributed by atoms with Crippen molar-refractivity contribution in [2.24, 2.45) is 5.14 Å². The molecule has 6 heteroatoms. The summed E-state index contributed by atoms with van der Waals surface area (Å²) in [5, 5.41) is 11.0. The highest BCUT2D eigenvalue weighted by Crippen LogP contribution is 2.23. The summed E-state index contributed by atoms with van der Waals surface area (Å²) in [4.78, 5) is 4.48. The molecule has 20 heavy (non-hydrogen) atoms. The third kappa shape index (κ3) is 3.43. The predicted octanol–water partition coefficient (Wildman–Crippen LogP) is 2.35. The quantitative estimate of drug-likeness (QED) is 0.888. The van der Waals surface area contributed by atoms with Crippen molar-refractivity contribution in [1.29, 1.82) is 0 Å². The second-order valence-corrected chi connectivity index (χ2v) is 6.80. The second kappa shape index (κ2) is 6.45. The SMILES string of the molecule is CCCn1cc2cc([C@H](C)CC(C)S(N)=O)ncc2n1. The first-order valence-corrected chi connectivity index (χ1v) is 8.27. The normalized spacial score (nSPS) is 16.2. The Labute approximate surface area is 122 Å². The van der Waals surface area contributed by atoms with Gasteiger partial charge in [0.15, 0.2) is 0 Å². The molecule has 0 saturated heterocycles. The average Bonchev–Trinajstić information content (AvgIpc) is 2.80. The Morgan fingerprint density at radius 1 is 1.45 bits per heavy atom. The maximum absolute atomic E-state index is 11.3. The van der Waals surface area contributed by atoms with Gasteiger partial charge in [-0.1, -0.05) is 13.8 Å². The molecule has 110 valence electrons. The Morgan fingerprint density at radius 2 is 2.20 bits per heavy atom. The van der Waals surface area contributed by atoms with Crippen LogP contribution < -0.4 is 5.14 Å². The van der Waals surface area contributed by atoms with Gasteiger partial charge in [0.25, 0.3) is 0 Å². The maximum Gasteiger partial charge on any atom is 0.111 e. The van der Waals surface area contributed by atoms with Crippen LogP contribution in [-0.2, 0) is 17.5 Å². The first-order valence-electron chi connectivity index (χ1n) is 6.99. The van der Waals surface area contributed by atoms with E-state index in [1.165, 1.54) is 0 Å². The van der Waals surface area contributed by atoms with Crippen LogP contribution in [0.3, 0.4) is 0 Å². The number of rotatable bonds is 6. The van der Waals surface area contributed by atoms with Gasteiger partial charge in [0.2, 0.25) is 0 Å². The van der Waals surface area contributed by atoms with Crippen LogP contribution in [0.5, 0.6) is 0 Å². The minimum atomic E-state index is -1.27. The fraction of sp³-hybridized carbons (Fsp3) is 0.571. The lowest BCUT2D eigenvalue weighted by atomic mass is 10.0. The van der Waals surface area contributed by atoms with Gasteiger partial charge in [-0.05, 0) is 31.7 Å². The lowest BCUT2D eigenvalue weighted by Crippen LogP contribution is -2.20. The molecular weight excluding hydrogens is 272 g/mol. The Bertz CT molecular complexity index is 610. The van der Waals surface area contributed by atoms with E-state index in [0.29, 0.717) is 0 Å². The highest BCUT2D eigenvalue weighted by Gasteiger charge is 2.15. The molecule has 2 heterocycles. The number of fused-ring (bicyclic) bond motifs is 1. The van der Waals surface area contributed by atoms with Crippen LogP contribution >= 0.6 is 0 Å². The van der Waals surface area contributed by atoms with Crippen molar-refractivity contribution in [3.8, 4) is 0 Å². The second-order valence-electron chi connectivity index (χ2n) is 5.34. The maximum atomic E-state index is 11.3. The van der Waals surface area contributed by atoms with Crippen LogP contribution in [-0.4, -0.2) is 24.2 Å². The Kier molecular flexibility index (Phi) is 4.88. The molecule has 0 radical (unpaired) electrons. The average molecular weight is 294 g/mol. The molecule has 0 saturated carbocycles. The van der Waals surface area contributed by atoms with Gasteiger partial charge < -0.3 is 0 Å². The van der Waals surface area contributed by atoms with Gasteiger partial charge in [-0.25, -0.2) is 4.21 Å². The van der Waals surface area contributed by atoms with E-state index in [1.54, 1.807) is 0 Å². The summed E-state index contributed by atoms with van der Waals surface area (Å²) >= 11 is 0. The van der Waals surface area contributed by atoms with E-state index >= 15 is 0 Å². The summed E-state index contributed by atoms with van der Waals surface area (Å²) < 4.78 is 13.2. The third-order valence-electron chi connectivity index (χ3n) is 3.50. The molecule has 2 aromatic heterocycles. The van der Waals surface area contributed by atoms with Crippen molar-refractivity contribution in [2.75, 3.05) is 0 Å². The van der Waals surface area contributed by atoms with E-state index in [1.807, 2.05) is 17.8 Å². The molecule has 5 nitrogen and oxygen atoms in total. The zero-order valence-electron chi connectivity index (χ0n) is 12.2. The van der Waals surface area contributed by atoms with Crippen LogP contribution in [0.25, 0.3) is 10.9 Å². The van der Waals surface area contributed by atoms with Gasteiger partial charge in [-0.2, -0.15) is 5.10 Å². The van der Waals surface area contributed by atoms with E-state index in [9.17, 15) is 4.21 Å². The molecule has 0 fully saturated rings. The van der Waals surface area contributed by atoms with Gasteiger partial charge in [-0.3, -0.25) is 14.8 Å². The molecule has 2 unspecified atom stereocenters. The lowest BCUT2D eigenvalue weighted by Gasteiger charge is -2.14. The van der Waals surface area contributed by atoms with Crippen molar-refractivity contribution in [3.63, 3.8) is 0 Å². The number of aromatic nitrogens is 3. The van der Waals surface area contributed by atoms with E-state index in [4.69, 9.17) is 5.14 Å². The predicted molar refractivity (Wildman–Crippen MR) is 82.6 cm³/mol. The molecule has 0 aromatic carbocycles. The molecule has 2 rings (SSSR count).